The van der Waals surface area contributed by atoms with Crippen LogP contribution >= 0.6 is 0 Å². The maximum atomic E-state index is 11.4. The largest absolute Gasteiger partial charge is 0.481 e. The molecule has 0 spiro atoms. The Bertz CT molecular complexity index is 283. The number of hydrogen-bond donors (Lipinski definition) is 1. The summed E-state index contributed by atoms with van der Waals surface area (Å²) in [6.45, 7) is 9.83. The molecule has 0 aromatic heterocycles. The zero-order valence-corrected chi connectivity index (χ0v) is 15.4. The molecular formula is C18H36O5. The van der Waals surface area contributed by atoms with Crippen molar-refractivity contribution in [2.45, 2.75) is 91.0 Å². The minimum absolute atomic E-state index is 0.189. The number of carbonyl (C=O) groups is 1. The molecule has 0 aromatic carbocycles. The van der Waals surface area contributed by atoms with Crippen LogP contribution in [0.15, 0.2) is 0 Å². The molecule has 1 unspecified atom stereocenters. The van der Waals surface area contributed by atoms with Crippen molar-refractivity contribution >= 4 is 5.97 Å². The SMILES string of the molecule is CCCCOC(CC)C(CC(=O)O)(OCCCC)OCCCC. The smallest absolute Gasteiger partial charge is 0.308 e. The van der Waals surface area contributed by atoms with E-state index in [2.05, 4.69) is 20.8 Å². The number of carboxylic acid groups (broad SMARTS) is 1. The van der Waals surface area contributed by atoms with Crippen LogP contribution in [-0.4, -0.2) is 42.8 Å². The Labute approximate surface area is 141 Å². The van der Waals surface area contributed by atoms with Crippen molar-refractivity contribution in [3.63, 3.8) is 0 Å². The van der Waals surface area contributed by atoms with Gasteiger partial charge in [0.1, 0.15) is 12.5 Å². The second kappa shape index (κ2) is 13.8. The highest BCUT2D eigenvalue weighted by molar-refractivity contribution is 5.68. The molecule has 0 aliphatic carbocycles. The highest BCUT2D eigenvalue weighted by atomic mass is 16.7. The normalized spacial score (nSPS) is 13.2. The van der Waals surface area contributed by atoms with E-state index in [1.54, 1.807) is 0 Å². The molecule has 0 aliphatic heterocycles. The van der Waals surface area contributed by atoms with Crippen LogP contribution in [0.25, 0.3) is 0 Å². The van der Waals surface area contributed by atoms with Crippen LogP contribution in [0.2, 0.25) is 0 Å². The van der Waals surface area contributed by atoms with E-state index in [9.17, 15) is 9.90 Å². The van der Waals surface area contributed by atoms with E-state index in [0.717, 1.165) is 38.5 Å². The number of aliphatic carboxylic acids is 1. The number of carboxylic acids is 1. The predicted molar refractivity (Wildman–Crippen MR) is 91.6 cm³/mol. The van der Waals surface area contributed by atoms with E-state index < -0.39 is 11.8 Å². The Morgan fingerprint density at radius 2 is 1.39 bits per heavy atom. The van der Waals surface area contributed by atoms with E-state index >= 15 is 0 Å². The fourth-order valence-electron chi connectivity index (χ4n) is 2.36. The van der Waals surface area contributed by atoms with Gasteiger partial charge in [-0.25, -0.2) is 0 Å². The molecule has 0 radical (unpaired) electrons. The third-order valence-corrected chi connectivity index (χ3v) is 3.76. The molecule has 1 atom stereocenters. The molecule has 5 nitrogen and oxygen atoms in total. The van der Waals surface area contributed by atoms with Gasteiger partial charge >= 0.3 is 5.97 Å². The molecule has 0 heterocycles. The monoisotopic (exact) mass is 332 g/mol. The molecule has 0 bridgehead atoms. The zero-order valence-electron chi connectivity index (χ0n) is 15.4. The molecule has 1 N–H and O–H groups in total. The minimum Gasteiger partial charge on any atom is -0.481 e. The Hall–Kier alpha value is -0.650. The predicted octanol–water partition coefficient (Wildman–Crippen LogP) is 4.39. The molecule has 5 heteroatoms. The van der Waals surface area contributed by atoms with Gasteiger partial charge in [-0.2, -0.15) is 0 Å². The van der Waals surface area contributed by atoms with E-state index in [-0.39, 0.29) is 12.5 Å². The average Bonchev–Trinajstić information content (AvgIpc) is 2.51. The highest BCUT2D eigenvalue weighted by Gasteiger charge is 2.43. The Morgan fingerprint density at radius 3 is 1.78 bits per heavy atom. The second-order valence-corrected chi connectivity index (χ2v) is 5.91. The summed E-state index contributed by atoms with van der Waals surface area (Å²) < 4.78 is 17.9. The van der Waals surface area contributed by atoms with Gasteiger partial charge in [-0.15, -0.1) is 0 Å². The molecule has 0 aliphatic rings. The van der Waals surface area contributed by atoms with Gasteiger partial charge in [0.25, 0.3) is 0 Å². The molecular weight excluding hydrogens is 296 g/mol. The van der Waals surface area contributed by atoms with Crippen LogP contribution in [-0.2, 0) is 19.0 Å². The molecule has 138 valence electrons. The van der Waals surface area contributed by atoms with Crippen LogP contribution in [0.5, 0.6) is 0 Å². The number of hydrogen-bond acceptors (Lipinski definition) is 4. The minimum atomic E-state index is -1.18. The van der Waals surface area contributed by atoms with Gasteiger partial charge in [0.15, 0.2) is 0 Å². The second-order valence-electron chi connectivity index (χ2n) is 5.91. The van der Waals surface area contributed by atoms with Crippen molar-refractivity contribution in [1.29, 1.82) is 0 Å². The number of ether oxygens (including phenoxy) is 3. The molecule has 0 rings (SSSR count). The quantitative estimate of drug-likeness (QED) is 0.335. The van der Waals surface area contributed by atoms with Crippen molar-refractivity contribution in [2.75, 3.05) is 19.8 Å². The van der Waals surface area contributed by atoms with Crippen LogP contribution in [0.3, 0.4) is 0 Å². The third kappa shape index (κ3) is 9.28. The Kier molecular flexibility index (Phi) is 13.4. The summed E-state index contributed by atoms with van der Waals surface area (Å²) >= 11 is 0. The average molecular weight is 332 g/mol. The van der Waals surface area contributed by atoms with Crippen LogP contribution < -0.4 is 0 Å². The van der Waals surface area contributed by atoms with Crippen LogP contribution in [0.4, 0.5) is 0 Å². The summed E-state index contributed by atoms with van der Waals surface area (Å²) in [4.78, 5) is 11.4. The van der Waals surface area contributed by atoms with Gasteiger partial charge in [-0.1, -0.05) is 47.0 Å². The Morgan fingerprint density at radius 1 is 0.913 bits per heavy atom. The van der Waals surface area contributed by atoms with Crippen molar-refractivity contribution in [1.82, 2.24) is 0 Å². The van der Waals surface area contributed by atoms with E-state index in [1.165, 1.54) is 0 Å². The number of rotatable bonds is 16. The first-order valence-electron chi connectivity index (χ1n) is 9.17. The van der Waals surface area contributed by atoms with E-state index in [4.69, 9.17) is 14.2 Å². The molecule has 0 saturated carbocycles. The molecule has 0 saturated heterocycles. The van der Waals surface area contributed by atoms with Gasteiger partial charge in [0, 0.05) is 6.61 Å². The fraction of sp³-hybridized carbons (Fsp3) is 0.944. The fourth-order valence-corrected chi connectivity index (χ4v) is 2.36. The van der Waals surface area contributed by atoms with Crippen LogP contribution in [0.1, 0.15) is 79.1 Å². The van der Waals surface area contributed by atoms with Crippen molar-refractivity contribution in [2.24, 2.45) is 0 Å². The van der Waals surface area contributed by atoms with Gasteiger partial charge in [0.05, 0.1) is 13.2 Å². The van der Waals surface area contributed by atoms with Crippen LogP contribution in [0, 0.1) is 0 Å². The summed E-state index contributed by atoms with van der Waals surface area (Å²) in [7, 11) is 0. The first-order chi connectivity index (χ1) is 11.1. The van der Waals surface area contributed by atoms with Gasteiger partial charge in [-0.05, 0) is 25.7 Å². The first-order valence-corrected chi connectivity index (χ1v) is 9.17. The highest BCUT2D eigenvalue weighted by Crippen LogP contribution is 2.29. The summed E-state index contributed by atoms with van der Waals surface area (Å²) in [6.07, 6.45) is 5.84. The summed E-state index contributed by atoms with van der Waals surface area (Å²) in [5.74, 6) is -2.10. The summed E-state index contributed by atoms with van der Waals surface area (Å²) in [6, 6.07) is 0. The molecule has 0 amide bonds. The van der Waals surface area contributed by atoms with Crippen molar-refractivity contribution in [3.8, 4) is 0 Å². The van der Waals surface area contributed by atoms with Crippen molar-refractivity contribution < 1.29 is 24.1 Å². The lowest BCUT2D eigenvalue weighted by atomic mass is 10.0. The maximum Gasteiger partial charge on any atom is 0.308 e. The van der Waals surface area contributed by atoms with Gasteiger partial charge < -0.3 is 19.3 Å². The van der Waals surface area contributed by atoms with E-state index in [1.807, 2.05) is 6.92 Å². The summed E-state index contributed by atoms with van der Waals surface area (Å²) in [5, 5.41) is 9.36. The first kappa shape index (κ1) is 22.4. The topological polar surface area (TPSA) is 65.0 Å². The third-order valence-electron chi connectivity index (χ3n) is 3.76. The lowest BCUT2D eigenvalue weighted by molar-refractivity contribution is -0.295. The number of unbranched alkanes of at least 4 members (excludes halogenated alkanes) is 3. The van der Waals surface area contributed by atoms with Gasteiger partial charge in [0.2, 0.25) is 5.79 Å². The van der Waals surface area contributed by atoms with E-state index in [0.29, 0.717) is 26.2 Å². The zero-order chi connectivity index (χ0) is 17.6. The molecule has 23 heavy (non-hydrogen) atoms. The summed E-state index contributed by atoms with van der Waals surface area (Å²) in [5.41, 5.74) is 0. The lowest BCUT2D eigenvalue weighted by Gasteiger charge is -2.39. The lowest BCUT2D eigenvalue weighted by Crippen LogP contribution is -2.50. The Balaban J connectivity index is 5.12. The van der Waals surface area contributed by atoms with Crippen molar-refractivity contribution in [3.05, 3.63) is 0 Å². The standard InChI is InChI=1S/C18H36O5/c1-5-9-12-21-16(8-4)18(15-17(19)20,22-13-10-6-2)23-14-11-7-3/h16H,5-15H2,1-4H3,(H,19,20). The molecule has 0 fully saturated rings. The van der Waals surface area contributed by atoms with Gasteiger partial charge in [-0.3, -0.25) is 4.79 Å². The molecule has 0 aromatic rings. The maximum absolute atomic E-state index is 11.4.